The van der Waals surface area contributed by atoms with E-state index in [4.69, 9.17) is 0 Å². The number of nitrogens with zero attached hydrogens (tertiary/aromatic N) is 1. The Morgan fingerprint density at radius 1 is 1.15 bits per heavy atom. The lowest BCUT2D eigenvalue weighted by molar-refractivity contribution is 0.0994. The first-order valence-corrected chi connectivity index (χ1v) is 9.22. The molecule has 0 amide bonds. The lowest BCUT2D eigenvalue weighted by Crippen LogP contribution is -2.52. The second kappa shape index (κ2) is 6.33. The number of fused-ring (bicyclic) bond motifs is 4. The van der Waals surface area contributed by atoms with E-state index in [1.54, 1.807) is 6.07 Å². The quantitative estimate of drug-likeness (QED) is 0.672. The summed E-state index contributed by atoms with van der Waals surface area (Å²) in [5.41, 5.74) is 5.58. The molecule has 0 spiro atoms. The summed E-state index contributed by atoms with van der Waals surface area (Å²) >= 11 is 0. The van der Waals surface area contributed by atoms with Crippen LogP contribution in [0.3, 0.4) is 0 Å². The van der Waals surface area contributed by atoms with Gasteiger partial charge in [0, 0.05) is 28.6 Å². The first-order chi connectivity index (χ1) is 12.2. The molecule has 2 aromatic carbocycles. The first-order valence-electron chi connectivity index (χ1n) is 9.22. The molecule has 136 valence electrons. The minimum absolute atomic E-state index is 0. The van der Waals surface area contributed by atoms with Gasteiger partial charge in [-0.2, -0.15) is 0 Å². The molecule has 1 aromatic heterocycles. The molecule has 0 saturated carbocycles. The summed E-state index contributed by atoms with van der Waals surface area (Å²) < 4.78 is 0. The Balaban J connectivity index is 0.00000168. The summed E-state index contributed by atoms with van der Waals surface area (Å²) in [7, 11) is 2.23. The number of benzene rings is 2. The third-order valence-corrected chi connectivity index (χ3v) is 6.52. The van der Waals surface area contributed by atoms with Gasteiger partial charge in [0.05, 0.1) is 0 Å². The largest absolute Gasteiger partial charge is 0.508 e. The Kier molecular flexibility index (Phi) is 4.25. The number of hydrogen-bond donors (Lipinski definition) is 2. The molecule has 2 aliphatic rings. The van der Waals surface area contributed by atoms with Crippen molar-refractivity contribution < 1.29 is 5.11 Å². The molecule has 2 atom stereocenters. The SMILES string of the molecule is CN1CCC2(c3cccc(O)c3)Cc3[nH]c4ccccc4c3CC2C1.Cl. The molecule has 2 unspecified atom stereocenters. The lowest BCUT2D eigenvalue weighted by atomic mass is 9.59. The van der Waals surface area contributed by atoms with Gasteiger partial charge in [-0.3, -0.25) is 0 Å². The lowest BCUT2D eigenvalue weighted by Gasteiger charge is -2.50. The predicted molar refractivity (Wildman–Crippen MR) is 108 cm³/mol. The van der Waals surface area contributed by atoms with Gasteiger partial charge in [0.25, 0.3) is 0 Å². The van der Waals surface area contributed by atoms with E-state index in [2.05, 4.69) is 47.3 Å². The number of nitrogens with one attached hydrogen (secondary N) is 1. The maximum Gasteiger partial charge on any atom is 0.115 e. The molecule has 2 N–H and O–H groups in total. The molecule has 5 rings (SSSR count). The van der Waals surface area contributed by atoms with Gasteiger partial charge in [-0.15, -0.1) is 12.4 Å². The maximum absolute atomic E-state index is 10.1. The number of H-pyrrole nitrogens is 1. The van der Waals surface area contributed by atoms with Crippen molar-refractivity contribution in [1.82, 2.24) is 9.88 Å². The van der Waals surface area contributed by atoms with Gasteiger partial charge in [-0.25, -0.2) is 0 Å². The third-order valence-electron chi connectivity index (χ3n) is 6.52. The number of para-hydroxylation sites is 1. The maximum atomic E-state index is 10.1. The minimum Gasteiger partial charge on any atom is -0.508 e. The highest BCUT2D eigenvalue weighted by atomic mass is 35.5. The fraction of sp³-hybridized carbons (Fsp3) is 0.364. The average Bonchev–Trinajstić information content (AvgIpc) is 2.97. The fourth-order valence-corrected chi connectivity index (χ4v) is 5.23. The van der Waals surface area contributed by atoms with Crippen molar-refractivity contribution in [2.24, 2.45) is 5.92 Å². The molecule has 0 radical (unpaired) electrons. The third kappa shape index (κ3) is 2.53. The standard InChI is InChI=1S/C22H24N2O.ClH/c1-24-10-9-22(15-5-4-6-17(25)11-15)13-21-19(12-16(22)14-24)18-7-2-3-8-20(18)23-21;/h2-8,11,16,23,25H,9-10,12-14H2,1H3;1H. The van der Waals surface area contributed by atoms with Crippen LogP contribution >= 0.6 is 12.4 Å². The molecular formula is C22H25ClN2O. The predicted octanol–water partition coefficient (Wildman–Crippen LogP) is 4.28. The van der Waals surface area contributed by atoms with E-state index in [0.717, 1.165) is 32.4 Å². The smallest absolute Gasteiger partial charge is 0.115 e. The fourth-order valence-electron chi connectivity index (χ4n) is 5.23. The highest BCUT2D eigenvalue weighted by molar-refractivity contribution is 5.85. The van der Waals surface area contributed by atoms with Crippen molar-refractivity contribution in [3.63, 3.8) is 0 Å². The first kappa shape index (κ1) is 17.4. The molecule has 1 aliphatic heterocycles. The van der Waals surface area contributed by atoms with E-state index < -0.39 is 0 Å². The van der Waals surface area contributed by atoms with Crippen molar-refractivity contribution in [1.29, 1.82) is 0 Å². The molecule has 3 nitrogen and oxygen atoms in total. The molecule has 26 heavy (non-hydrogen) atoms. The van der Waals surface area contributed by atoms with Gasteiger partial charge in [0.1, 0.15) is 5.75 Å². The van der Waals surface area contributed by atoms with Crippen molar-refractivity contribution in [3.8, 4) is 5.75 Å². The summed E-state index contributed by atoms with van der Waals surface area (Å²) in [6.07, 6.45) is 3.30. The number of likely N-dealkylation sites (tertiary alicyclic amines) is 1. The number of hydrogen-bond acceptors (Lipinski definition) is 2. The van der Waals surface area contributed by atoms with Crippen LogP contribution in [0, 0.1) is 5.92 Å². The Hall–Kier alpha value is -1.97. The molecule has 1 aliphatic carbocycles. The van der Waals surface area contributed by atoms with Crippen molar-refractivity contribution in [2.75, 3.05) is 20.1 Å². The van der Waals surface area contributed by atoms with Gasteiger partial charge >= 0.3 is 0 Å². The van der Waals surface area contributed by atoms with Gasteiger partial charge in [0.2, 0.25) is 0 Å². The molecular weight excluding hydrogens is 344 g/mol. The number of phenolic OH excluding ortho intramolecular Hbond substituents is 1. The number of aromatic hydroxyl groups is 1. The summed E-state index contributed by atoms with van der Waals surface area (Å²) in [4.78, 5) is 6.16. The normalized spacial score (nSPS) is 25.3. The number of phenols is 1. The topological polar surface area (TPSA) is 39.3 Å². The second-order valence-corrected chi connectivity index (χ2v) is 7.92. The molecule has 1 saturated heterocycles. The Morgan fingerprint density at radius 2 is 2.00 bits per heavy atom. The number of aromatic amines is 1. The summed E-state index contributed by atoms with van der Waals surface area (Å²) in [6.45, 7) is 2.23. The molecule has 1 fully saturated rings. The number of rotatable bonds is 1. The van der Waals surface area contributed by atoms with Crippen LogP contribution in [0.4, 0.5) is 0 Å². The molecule has 0 bridgehead atoms. The molecule has 3 aromatic rings. The van der Waals surface area contributed by atoms with Crippen LogP contribution in [-0.2, 0) is 18.3 Å². The van der Waals surface area contributed by atoms with Crippen LogP contribution in [0.15, 0.2) is 48.5 Å². The van der Waals surface area contributed by atoms with Crippen LogP contribution in [-0.4, -0.2) is 35.1 Å². The van der Waals surface area contributed by atoms with Crippen molar-refractivity contribution >= 4 is 23.3 Å². The van der Waals surface area contributed by atoms with Gasteiger partial charge in [-0.1, -0.05) is 30.3 Å². The van der Waals surface area contributed by atoms with E-state index in [0.29, 0.717) is 11.7 Å². The second-order valence-electron chi connectivity index (χ2n) is 7.92. The minimum atomic E-state index is 0. The zero-order valence-electron chi connectivity index (χ0n) is 15.0. The van der Waals surface area contributed by atoms with E-state index in [-0.39, 0.29) is 17.8 Å². The van der Waals surface area contributed by atoms with Crippen LogP contribution < -0.4 is 0 Å². The highest BCUT2D eigenvalue weighted by Crippen LogP contribution is 2.49. The van der Waals surface area contributed by atoms with Crippen LogP contribution in [0.25, 0.3) is 10.9 Å². The van der Waals surface area contributed by atoms with Crippen LogP contribution in [0.2, 0.25) is 0 Å². The number of halogens is 1. The number of piperidine rings is 1. The average molecular weight is 369 g/mol. The molecule has 4 heteroatoms. The zero-order chi connectivity index (χ0) is 17.0. The van der Waals surface area contributed by atoms with Crippen LogP contribution in [0.1, 0.15) is 23.2 Å². The van der Waals surface area contributed by atoms with Gasteiger partial charge < -0.3 is 15.0 Å². The van der Waals surface area contributed by atoms with E-state index in [1.807, 2.05) is 12.1 Å². The van der Waals surface area contributed by atoms with Crippen molar-refractivity contribution in [2.45, 2.75) is 24.7 Å². The van der Waals surface area contributed by atoms with E-state index >= 15 is 0 Å². The summed E-state index contributed by atoms with van der Waals surface area (Å²) in [5, 5.41) is 11.5. The monoisotopic (exact) mass is 368 g/mol. The van der Waals surface area contributed by atoms with Crippen molar-refractivity contribution in [3.05, 3.63) is 65.4 Å². The van der Waals surface area contributed by atoms with Gasteiger partial charge in [0.15, 0.2) is 0 Å². The Bertz CT molecular complexity index is 950. The Labute approximate surface area is 160 Å². The van der Waals surface area contributed by atoms with E-state index in [9.17, 15) is 5.11 Å². The number of aromatic nitrogens is 1. The summed E-state index contributed by atoms with van der Waals surface area (Å²) in [6, 6.07) is 16.7. The summed E-state index contributed by atoms with van der Waals surface area (Å²) in [5.74, 6) is 0.965. The van der Waals surface area contributed by atoms with Crippen LogP contribution in [0.5, 0.6) is 5.75 Å². The highest BCUT2D eigenvalue weighted by Gasteiger charge is 2.47. The van der Waals surface area contributed by atoms with Gasteiger partial charge in [-0.05, 0) is 68.1 Å². The molecule has 2 heterocycles. The van der Waals surface area contributed by atoms with E-state index in [1.165, 1.54) is 27.7 Å². The Morgan fingerprint density at radius 3 is 2.85 bits per heavy atom. The zero-order valence-corrected chi connectivity index (χ0v) is 15.9.